The van der Waals surface area contributed by atoms with E-state index in [4.69, 9.17) is 0 Å². The molecule has 0 aliphatic heterocycles. The Bertz CT molecular complexity index is 629. The molecule has 0 N–H and O–H groups in total. The molecule has 0 atom stereocenters. The van der Waals surface area contributed by atoms with Crippen molar-refractivity contribution in [2.45, 2.75) is 4.90 Å². The van der Waals surface area contributed by atoms with Crippen LogP contribution in [0.3, 0.4) is 0 Å². The highest BCUT2D eigenvalue weighted by molar-refractivity contribution is 7.92. The zero-order chi connectivity index (χ0) is 13.2. The molecule has 18 heavy (non-hydrogen) atoms. The summed E-state index contributed by atoms with van der Waals surface area (Å²) in [5.41, 5.74) is 0.335. The molecule has 0 bridgehead atoms. The number of aromatic nitrogens is 2. The van der Waals surface area contributed by atoms with Gasteiger partial charge in [0.25, 0.3) is 10.0 Å². The molecule has 5 nitrogen and oxygen atoms in total. The van der Waals surface area contributed by atoms with Gasteiger partial charge in [0.15, 0.2) is 0 Å². The molecule has 0 aliphatic carbocycles. The molecule has 0 amide bonds. The summed E-state index contributed by atoms with van der Waals surface area (Å²) in [6.45, 7) is 0. The predicted molar refractivity (Wildman–Crippen MR) is 64.0 cm³/mol. The summed E-state index contributed by atoms with van der Waals surface area (Å²) in [5, 5.41) is 0. The van der Waals surface area contributed by atoms with Crippen molar-refractivity contribution in [3.8, 4) is 0 Å². The number of anilines is 1. The highest BCUT2D eigenvalue weighted by Crippen LogP contribution is 2.20. The lowest BCUT2D eigenvalue weighted by atomic mass is 10.4. The second-order valence-electron chi connectivity index (χ2n) is 3.52. The van der Waals surface area contributed by atoms with Gasteiger partial charge in [-0.25, -0.2) is 22.8 Å². The van der Waals surface area contributed by atoms with Crippen LogP contribution in [-0.4, -0.2) is 25.4 Å². The maximum absolute atomic E-state index is 12.8. The van der Waals surface area contributed by atoms with Crippen LogP contribution in [0, 0.1) is 5.82 Å². The molecule has 1 aromatic heterocycles. The van der Waals surface area contributed by atoms with Crippen molar-refractivity contribution < 1.29 is 12.8 Å². The highest BCUT2D eigenvalue weighted by atomic mass is 32.2. The van der Waals surface area contributed by atoms with Crippen LogP contribution in [0.4, 0.5) is 10.1 Å². The van der Waals surface area contributed by atoms with Crippen LogP contribution in [0.2, 0.25) is 0 Å². The first kappa shape index (κ1) is 12.4. The summed E-state index contributed by atoms with van der Waals surface area (Å²) in [6, 6.07) is 4.63. The van der Waals surface area contributed by atoms with E-state index < -0.39 is 15.8 Å². The third-order valence-corrected chi connectivity index (χ3v) is 4.18. The number of hydrogen-bond acceptors (Lipinski definition) is 4. The van der Waals surface area contributed by atoms with Crippen LogP contribution in [0.5, 0.6) is 0 Å². The minimum absolute atomic E-state index is 0.00949. The van der Waals surface area contributed by atoms with E-state index in [-0.39, 0.29) is 4.90 Å². The topological polar surface area (TPSA) is 63.2 Å². The van der Waals surface area contributed by atoms with Crippen LogP contribution in [0.15, 0.2) is 47.9 Å². The minimum atomic E-state index is -3.72. The van der Waals surface area contributed by atoms with E-state index in [2.05, 4.69) is 9.97 Å². The Morgan fingerprint density at radius 1 is 1.11 bits per heavy atom. The van der Waals surface area contributed by atoms with Gasteiger partial charge in [-0.05, 0) is 24.3 Å². The fraction of sp³-hybridized carbons (Fsp3) is 0.0909. The summed E-state index contributed by atoms with van der Waals surface area (Å²) in [5.74, 6) is -0.486. The smallest absolute Gasteiger partial charge is 0.264 e. The van der Waals surface area contributed by atoms with E-state index in [1.807, 2.05) is 0 Å². The first-order valence-corrected chi connectivity index (χ1v) is 6.45. The molecule has 1 aromatic carbocycles. The lowest BCUT2D eigenvalue weighted by Gasteiger charge is -2.18. The minimum Gasteiger partial charge on any atom is -0.266 e. The standard InChI is InChI=1S/C11H10FN3O2S/c1-15(10-6-13-8-14-7-10)18(16,17)11-4-2-9(12)3-5-11/h2-8H,1H3. The molecule has 0 unspecified atom stereocenters. The van der Waals surface area contributed by atoms with E-state index in [1.54, 1.807) is 0 Å². The molecule has 0 radical (unpaired) electrons. The van der Waals surface area contributed by atoms with Crippen LogP contribution >= 0.6 is 0 Å². The first-order valence-electron chi connectivity index (χ1n) is 5.01. The van der Waals surface area contributed by atoms with Gasteiger partial charge in [-0.15, -0.1) is 0 Å². The lowest BCUT2D eigenvalue weighted by molar-refractivity contribution is 0.593. The average molecular weight is 267 g/mol. The summed E-state index contributed by atoms with van der Waals surface area (Å²) >= 11 is 0. The van der Waals surface area contributed by atoms with Gasteiger partial charge >= 0.3 is 0 Å². The second-order valence-corrected chi connectivity index (χ2v) is 5.49. The summed E-state index contributed by atoms with van der Waals surface area (Å²) in [4.78, 5) is 7.51. The summed E-state index contributed by atoms with van der Waals surface area (Å²) in [7, 11) is -2.34. The molecule has 7 heteroatoms. The summed E-state index contributed by atoms with van der Waals surface area (Å²) < 4.78 is 38.2. The SMILES string of the molecule is CN(c1cncnc1)S(=O)(=O)c1ccc(F)cc1. The van der Waals surface area contributed by atoms with Gasteiger partial charge in [0.1, 0.15) is 12.1 Å². The van der Waals surface area contributed by atoms with Gasteiger partial charge in [-0.2, -0.15) is 0 Å². The Hall–Kier alpha value is -2.02. The number of nitrogens with zero attached hydrogens (tertiary/aromatic N) is 3. The maximum atomic E-state index is 12.8. The number of hydrogen-bond donors (Lipinski definition) is 0. The van der Waals surface area contributed by atoms with Crippen molar-refractivity contribution in [3.63, 3.8) is 0 Å². The van der Waals surface area contributed by atoms with Gasteiger partial charge in [0.05, 0.1) is 23.0 Å². The predicted octanol–water partition coefficient (Wildman–Crippen LogP) is 1.44. The van der Waals surface area contributed by atoms with Crippen LogP contribution in [-0.2, 0) is 10.0 Å². The van der Waals surface area contributed by atoms with Crippen molar-refractivity contribution in [1.82, 2.24) is 9.97 Å². The van der Waals surface area contributed by atoms with Crippen molar-refractivity contribution in [1.29, 1.82) is 0 Å². The quantitative estimate of drug-likeness (QED) is 0.844. The van der Waals surface area contributed by atoms with E-state index >= 15 is 0 Å². The Labute approximate surface area is 104 Å². The Kier molecular flexibility index (Phi) is 3.24. The van der Waals surface area contributed by atoms with Gasteiger partial charge < -0.3 is 0 Å². The van der Waals surface area contributed by atoms with Crippen LogP contribution < -0.4 is 4.31 Å². The van der Waals surface area contributed by atoms with Gasteiger partial charge in [0.2, 0.25) is 0 Å². The zero-order valence-electron chi connectivity index (χ0n) is 9.49. The van der Waals surface area contributed by atoms with E-state index in [1.165, 1.54) is 37.9 Å². The molecule has 2 aromatic rings. The molecule has 0 aliphatic rings. The van der Waals surface area contributed by atoms with Crippen molar-refractivity contribution in [3.05, 3.63) is 48.8 Å². The Morgan fingerprint density at radius 2 is 1.67 bits per heavy atom. The number of sulfonamides is 1. The lowest BCUT2D eigenvalue weighted by Crippen LogP contribution is -2.26. The normalized spacial score (nSPS) is 11.2. The van der Waals surface area contributed by atoms with Crippen molar-refractivity contribution in [2.75, 3.05) is 11.4 Å². The molecule has 0 saturated heterocycles. The molecule has 1 heterocycles. The number of rotatable bonds is 3. The fourth-order valence-corrected chi connectivity index (χ4v) is 2.53. The molecule has 0 saturated carbocycles. The largest absolute Gasteiger partial charge is 0.266 e. The van der Waals surface area contributed by atoms with Gasteiger partial charge in [0, 0.05) is 7.05 Å². The molecule has 94 valence electrons. The van der Waals surface area contributed by atoms with E-state index in [0.29, 0.717) is 5.69 Å². The Morgan fingerprint density at radius 3 is 2.22 bits per heavy atom. The second kappa shape index (κ2) is 4.69. The van der Waals surface area contributed by atoms with Crippen LogP contribution in [0.1, 0.15) is 0 Å². The van der Waals surface area contributed by atoms with Crippen molar-refractivity contribution >= 4 is 15.7 Å². The first-order chi connectivity index (χ1) is 8.51. The highest BCUT2D eigenvalue weighted by Gasteiger charge is 2.21. The molecule has 2 rings (SSSR count). The molecule has 0 spiro atoms. The van der Waals surface area contributed by atoms with Gasteiger partial charge in [-0.3, -0.25) is 4.31 Å². The molecule has 0 fully saturated rings. The monoisotopic (exact) mass is 267 g/mol. The maximum Gasteiger partial charge on any atom is 0.264 e. The third kappa shape index (κ3) is 2.30. The van der Waals surface area contributed by atoms with E-state index in [0.717, 1.165) is 16.4 Å². The fourth-order valence-electron chi connectivity index (χ4n) is 1.36. The summed E-state index contributed by atoms with van der Waals surface area (Å²) in [6.07, 6.45) is 4.07. The average Bonchev–Trinajstić information content (AvgIpc) is 2.39. The third-order valence-electron chi connectivity index (χ3n) is 2.38. The van der Waals surface area contributed by atoms with Crippen LogP contribution in [0.25, 0.3) is 0 Å². The number of benzene rings is 1. The molecular weight excluding hydrogens is 257 g/mol. The van der Waals surface area contributed by atoms with Gasteiger partial charge in [-0.1, -0.05) is 0 Å². The van der Waals surface area contributed by atoms with E-state index in [9.17, 15) is 12.8 Å². The Balaban J connectivity index is 2.40. The number of halogens is 1. The molecular formula is C11H10FN3O2S. The van der Waals surface area contributed by atoms with Crippen molar-refractivity contribution in [2.24, 2.45) is 0 Å². The zero-order valence-corrected chi connectivity index (χ0v) is 10.3.